The molecule has 1 aromatic heterocycles. The lowest BCUT2D eigenvalue weighted by molar-refractivity contribution is -0.129. The molecule has 0 saturated carbocycles. The van der Waals surface area contributed by atoms with Crippen LogP contribution in [0.5, 0.6) is 0 Å². The van der Waals surface area contributed by atoms with E-state index in [0.29, 0.717) is 11.0 Å². The first kappa shape index (κ1) is 17.9. The summed E-state index contributed by atoms with van der Waals surface area (Å²) in [6, 6.07) is 7.60. The van der Waals surface area contributed by atoms with E-state index >= 15 is 0 Å². The van der Waals surface area contributed by atoms with Gasteiger partial charge in [-0.05, 0) is 42.4 Å². The number of aryl methyl sites for hydroxylation is 1. The number of benzene rings is 1. The van der Waals surface area contributed by atoms with Crippen molar-refractivity contribution in [3.8, 4) is 0 Å². The molecule has 6 heteroatoms. The average Bonchev–Trinajstić information content (AvgIpc) is 3.02. The third-order valence-electron chi connectivity index (χ3n) is 5.28. The van der Waals surface area contributed by atoms with Crippen molar-refractivity contribution in [2.24, 2.45) is 5.92 Å². The van der Waals surface area contributed by atoms with Crippen LogP contribution in [0.4, 0.5) is 5.13 Å². The van der Waals surface area contributed by atoms with Crippen LogP contribution in [0.3, 0.4) is 0 Å². The number of hydrogen-bond donors (Lipinski definition) is 1. The fourth-order valence-electron chi connectivity index (χ4n) is 3.85. The molecule has 4 rings (SSSR count). The summed E-state index contributed by atoms with van der Waals surface area (Å²) in [5.41, 5.74) is 3.17. The number of aromatic nitrogens is 1. The average molecular weight is 382 g/mol. The number of rotatable bonds is 3. The van der Waals surface area contributed by atoms with Gasteiger partial charge in [0, 0.05) is 18.0 Å². The van der Waals surface area contributed by atoms with Crippen molar-refractivity contribution in [3.05, 3.63) is 52.2 Å². The summed E-state index contributed by atoms with van der Waals surface area (Å²) in [4.78, 5) is 32.3. The van der Waals surface area contributed by atoms with Crippen molar-refractivity contribution in [2.75, 3.05) is 5.32 Å². The fourth-order valence-corrected chi connectivity index (χ4v) is 5.04. The molecule has 1 aliphatic carbocycles. The van der Waals surface area contributed by atoms with Crippen molar-refractivity contribution in [2.45, 2.75) is 45.6 Å². The van der Waals surface area contributed by atoms with Crippen LogP contribution in [-0.2, 0) is 22.4 Å². The Kier molecular flexibility index (Phi) is 4.83. The smallest absolute Gasteiger partial charge is 0.228 e. The molecule has 2 amide bonds. The lowest BCUT2D eigenvalue weighted by Crippen LogP contribution is -2.33. The first-order valence-electron chi connectivity index (χ1n) is 9.35. The van der Waals surface area contributed by atoms with Crippen molar-refractivity contribution in [1.29, 1.82) is 0 Å². The van der Waals surface area contributed by atoms with Crippen molar-refractivity contribution < 1.29 is 9.59 Å². The number of amides is 2. The molecule has 2 aliphatic rings. The van der Waals surface area contributed by atoms with E-state index < -0.39 is 0 Å². The van der Waals surface area contributed by atoms with Gasteiger partial charge in [0.15, 0.2) is 5.13 Å². The minimum atomic E-state index is -0.293. The molecule has 0 spiro atoms. The molecule has 0 saturated heterocycles. The summed E-state index contributed by atoms with van der Waals surface area (Å²) in [7, 11) is 0. The quantitative estimate of drug-likeness (QED) is 0.868. The number of nitrogens with zero attached hydrogens (tertiary/aromatic N) is 2. The van der Waals surface area contributed by atoms with Crippen LogP contribution in [-0.4, -0.2) is 21.7 Å². The Morgan fingerprint density at radius 3 is 2.96 bits per heavy atom. The van der Waals surface area contributed by atoms with E-state index in [-0.39, 0.29) is 24.3 Å². The summed E-state index contributed by atoms with van der Waals surface area (Å²) in [6.45, 7) is 3.78. The first-order valence-corrected chi connectivity index (χ1v) is 10.2. The largest absolute Gasteiger partial charge is 0.311 e. The van der Waals surface area contributed by atoms with Gasteiger partial charge >= 0.3 is 0 Å². The van der Waals surface area contributed by atoms with Gasteiger partial charge in [-0.2, -0.15) is 0 Å². The first-order chi connectivity index (χ1) is 13.0. The molecular weight excluding hydrogens is 358 g/mol. The topological polar surface area (TPSA) is 62.3 Å². The summed E-state index contributed by atoms with van der Waals surface area (Å²) in [6.07, 6.45) is 7.08. The van der Waals surface area contributed by atoms with E-state index in [1.165, 1.54) is 11.8 Å². The van der Waals surface area contributed by atoms with Crippen LogP contribution in [0.1, 0.15) is 54.4 Å². The highest BCUT2D eigenvalue weighted by Gasteiger charge is 2.29. The lowest BCUT2D eigenvalue weighted by atomic mass is 9.93. The van der Waals surface area contributed by atoms with Crippen molar-refractivity contribution in [3.63, 3.8) is 0 Å². The van der Waals surface area contributed by atoms with Crippen LogP contribution < -0.4 is 5.32 Å². The third kappa shape index (κ3) is 3.67. The highest BCUT2D eigenvalue weighted by molar-refractivity contribution is 7.15. The maximum Gasteiger partial charge on any atom is 0.228 e. The Balaban J connectivity index is 1.51. The zero-order chi connectivity index (χ0) is 19.0. The van der Waals surface area contributed by atoms with E-state index in [9.17, 15) is 9.59 Å². The number of carbonyl (C=O) groups excluding carboxylic acids is 2. The molecule has 0 fully saturated rings. The molecule has 140 valence electrons. The number of carbonyl (C=O) groups is 2. The second-order valence-corrected chi connectivity index (χ2v) is 8.46. The molecular formula is C21H23N3O2S. The van der Waals surface area contributed by atoms with Gasteiger partial charge in [0.2, 0.25) is 11.8 Å². The van der Waals surface area contributed by atoms with Crippen LogP contribution in [0.2, 0.25) is 0 Å². The van der Waals surface area contributed by atoms with E-state index in [4.69, 9.17) is 0 Å². The van der Waals surface area contributed by atoms with E-state index in [1.807, 2.05) is 30.3 Å². The Bertz CT molecular complexity index is 918. The van der Waals surface area contributed by atoms with Crippen LogP contribution >= 0.6 is 11.3 Å². The highest BCUT2D eigenvalue weighted by Crippen LogP contribution is 2.35. The maximum atomic E-state index is 12.7. The molecule has 2 unspecified atom stereocenters. The molecule has 0 bridgehead atoms. The minimum absolute atomic E-state index is 0.0720. The van der Waals surface area contributed by atoms with Gasteiger partial charge in [-0.1, -0.05) is 31.2 Å². The molecule has 0 radical (unpaired) electrons. The minimum Gasteiger partial charge on any atom is -0.311 e. The Hall–Kier alpha value is -2.47. The number of hydrogen-bond acceptors (Lipinski definition) is 4. The van der Waals surface area contributed by atoms with Crippen molar-refractivity contribution >= 4 is 34.4 Å². The Morgan fingerprint density at radius 2 is 2.15 bits per heavy atom. The summed E-state index contributed by atoms with van der Waals surface area (Å²) in [5, 5.41) is 3.63. The molecule has 27 heavy (non-hydrogen) atoms. The summed E-state index contributed by atoms with van der Waals surface area (Å²) < 4.78 is 0. The standard InChI is InChI=1S/C21H23N3O2S/c1-13-7-8-17-19(11-13)27-21(22-17)23-20(26)12-18-16-6-4-3-5-15(16)9-10-24(18)14(2)25/h3-6,9-10,13,18H,7-8,11-12H2,1-2H3,(H,22,23,26). The van der Waals surface area contributed by atoms with E-state index in [1.54, 1.807) is 22.4 Å². The van der Waals surface area contributed by atoms with Gasteiger partial charge in [-0.3, -0.25) is 9.59 Å². The SMILES string of the molecule is CC(=O)N1C=Cc2ccccc2C1CC(=O)Nc1nc2c(s1)CC(C)CC2. The maximum absolute atomic E-state index is 12.7. The van der Waals surface area contributed by atoms with Gasteiger partial charge in [0.05, 0.1) is 18.2 Å². The van der Waals surface area contributed by atoms with Crippen molar-refractivity contribution in [1.82, 2.24) is 9.88 Å². The zero-order valence-electron chi connectivity index (χ0n) is 15.6. The number of fused-ring (bicyclic) bond motifs is 2. The lowest BCUT2D eigenvalue weighted by Gasteiger charge is -2.32. The van der Waals surface area contributed by atoms with Crippen LogP contribution in [0.25, 0.3) is 6.08 Å². The molecule has 2 atom stereocenters. The fraction of sp³-hybridized carbons (Fsp3) is 0.381. The summed E-state index contributed by atoms with van der Waals surface area (Å²) in [5.74, 6) is 0.490. The predicted octanol–water partition coefficient (Wildman–Crippen LogP) is 4.17. The monoisotopic (exact) mass is 381 g/mol. The molecule has 1 aromatic carbocycles. The van der Waals surface area contributed by atoms with Gasteiger partial charge in [-0.15, -0.1) is 11.3 Å². The highest BCUT2D eigenvalue weighted by atomic mass is 32.1. The van der Waals surface area contributed by atoms with Crippen LogP contribution in [0, 0.1) is 5.92 Å². The second kappa shape index (κ2) is 7.27. The van der Waals surface area contributed by atoms with E-state index in [2.05, 4.69) is 17.2 Å². The normalized spacial score (nSPS) is 20.7. The molecule has 5 nitrogen and oxygen atoms in total. The van der Waals surface area contributed by atoms with Gasteiger partial charge in [0.1, 0.15) is 0 Å². The number of thiazole rings is 1. The summed E-state index contributed by atoms with van der Waals surface area (Å²) >= 11 is 1.58. The van der Waals surface area contributed by atoms with Gasteiger partial charge < -0.3 is 10.2 Å². The molecule has 1 N–H and O–H groups in total. The second-order valence-electron chi connectivity index (χ2n) is 7.38. The predicted molar refractivity (Wildman–Crippen MR) is 107 cm³/mol. The third-order valence-corrected chi connectivity index (χ3v) is 6.32. The molecule has 1 aliphatic heterocycles. The number of anilines is 1. The van der Waals surface area contributed by atoms with Crippen LogP contribution in [0.15, 0.2) is 30.5 Å². The van der Waals surface area contributed by atoms with E-state index in [0.717, 1.165) is 36.1 Å². The number of nitrogens with one attached hydrogen (secondary N) is 1. The van der Waals surface area contributed by atoms with Gasteiger partial charge in [-0.25, -0.2) is 4.98 Å². The van der Waals surface area contributed by atoms with Gasteiger partial charge in [0.25, 0.3) is 0 Å². The molecule has 2 aromatic rings. The Morgan fingerprint density at radius 1 is 1.33 bits per heavy atom. The Labute approximate surface area is 163 Å². The molecule has 2 heterocycles. The zero-order valence-corrected chi connectivity index (χ0v) is 16.4.